The predicted molar refractivity (Wildman–Crippen MR) is 72.2 cm³/mol. The average Bonchev–Trinajstić information content (AvgIpc) is 2.81. The fourth-order valence-corrected chi connectivity index (χ4v) is 2.14. The van der Waals surface area contributed by atoms with E-state index < -0.39 is 0 Å². The van der Waals surface area contributed by atoms with Gasteiger partial charge in [-0.15, -0.1) is 0 Å². The molecular formula is C14H20N4. The lowest BCUT2D eigenvalue weighted by molar-refractivity contribution is 0.515. The largest absolute Gasteiger partial charge is 0.310 e. The van der Waals surface area contributed by atoms with Gasteiger partial charge in [-0.3, -0.25) is 9.67 Å². The summed E-state index contributed by atoms with van der Waals surface area (Å²) in [7, 11) is 1.95. The smallest absolute Gasteiger partial charge is 0.0521 e. The fraction of sp³-hybridized carbons (Fsp3) is 0.429. The SMILES string of the molecule is CCNC(CCc1cnn(C)c1)c1ccncc1. The van der Waals surface area contributed by atoms with E-state index in [1.54, 1.807) is 0 Å². The zero-order valence-electron chi connectivity index (χ0n) is 11.0. The van der Waals surface area contributed by atoms with Gasteiger partial charge >= 0.3 is 0 Å². The van der Waals surface area contributed by atoms with Gasteiger partial charge < -0.3 is 5.32 Å². The summed E-state index contributed by atoms with van der Waals surface area (Å²) in [5.74, 6) is 0. The summed E-state index contributed by atoms with van der Waals surface area (Å²) in [6, 6.07) is 4.55. The monoisotopic (exact) mass is 244 g/mol. The van der Waals surface area contributed by atoms with E-state index in [4.69, 9.17) is 0 Å². The molecule has 1 atom stereocenters. The molecule has 1 N–H and O–H groups in total. The second kappa shape index (κ2) is 6.31. The first kappa shape index (κ1) is 12.8. The first-order chi connectivity index (χ1) is 8.79. The van der Waals surface area contributed by atoms with Gasteiger partial charge in [-0.05, 0) is 42.6 Å². The van der Waals surface area contributed by atoms with Crippen molar-refractivity contribution >= 4 is 0 Å². The molecule has 0 aliphatic rings. The molecule has 2 aromatic rings. The molecule has 0 bridgehead atoms. The van der Waals surface area contributed by atoms with E-state index in [2.05, 4.69) is 40.7 Å². The Morgan fingerprint density at radius 1 is 1.33 bits per heavy atom. The van der Waals surface area contributed by atoms with Gasteiger partial charge in [0.15, 0.2) is 0 Å². The number of nitrogens with one attached hydrogen (secondary N) is 1. The Morgan fingerprint density at radius 3 is 2.72 bits per heavy atom. The van der Waals surface area contributed by atoms with Crippen LogP contribution < -0.4 is 5.32 Å². The molecule has 0 radical (unpaired) electrons. The number of rotatable bonds is 6. The van der Waals surface area contributed by atoms with Crippen molar-refractivity contribution in [2.24, 2.45) is 7.05 Å². The van der Waals surface area contributed by atoms with Crippen LogP contribution in [0.2, 0.25) is 0 Å². The molecular weight excluding hydrogens is 224 g/mol. The molecule has 96 valence electrons. The fourth-order valence-electron chi connectivity index (χ4n) is 2.14. The van der Waals surface area contributed by atoms with E-state index in [0.717, 1.165) is 19.4 Å². The molecule has 0 saturated heterocycles. The highest BCUT2D eigenvalue weighted by Crippen LogP contribution is 2.18. The summed E-state index contributed by atoms with van der Waals surface area (Å²) in [4.78, 5) is 4.07. The lowest BCUT2D eigenvalue weighted by Gasteiger charge is -2.17. The van der Waals surface area contributed by atoms with Gasteiger partial charge in [0.2, 0.25) is 0 Å². The van der Waals surface area contributed by atoms with E-state index in [9.17, 15) is 0 Å². The van der Waals surface area contributed by atoms with E-state index in [1.165, 1.54) is 11.1 Å². The molecule has 18 heavy (non-hydrogen) atoms. The summed E-state index contributed by atoms with van der Waals surface area (Å²) in [6.45, 7) is 3.11. The maximum absolute atomic E-state index is 4.20. The highest BCUT2D eigenvalue weighted by molar-refractivity contribution is 5.16. The quantitative estimate of drug-likeness (QED) is 0.846. The normalized spacial score (nSPS) is 12.6. The van der Waals surface area contributed by atoms with Crippen LogP contribution >= 0.6 is 0 Å². The van der Waals surface area contributed by atoms with Gasteiger partial charge in [0.05, 0.1) is 6.20 Å². The van der Waals surface area contributed by atoms with Crippen molar-refractivity contribution in [1.82, 2.24) is 20.1 Å². The summed E-state index contributed by atoms with van der Waals surface area (Å²) >= 11 is 0. The Hall–Kier alpha value is -1.68. The molecule has 1 unspecified atom stereocenters. The van der Waals surface area contributed by atoms with Crippen LogP contribution in [0.15, 0.2) is 36.9 Å². The molecule has 2 rings (SSSR count). The van der Waals surface area contributed by atoms with E-state index >= 15 is 0 Å². The second-order valence-corrected chi connectivity index (χ2v) is 4.45. The molecule has 4 heteroatoms. The minimum atomic E-state index is 0.387. The van der Waals surface area contributed by atoms with Gasteiger partial charge in [-0.1, -0.05) is 6.92 Å². The Labute approximate surface area is 108 Å². The Morgan fingerprint density at radius 2 is 2.11 bits per heavy atom. The maximum atomic E-state index is 4.20. The van der Waals surface area contributed by atoms with Gasteiger partial charge in [-0.25, -0.2) is 0 Å². The van der Waals surface area contributed by atoms with E-state index in [1.807, 2.05) is 30.3 Å². The maximum Gasteiger partial charge on any atom is 0.0521 e. The minimum Gasteiger partial charge on any atom is -0.310 e. The summed E-state index contributed by atoms with van der Waals surface area (Å²) < 4.78 is 1.85. The third-order valence-electron chi connectivity index (χ3n) is 3.04. The topological polar surface area (TPSA) is 42.7 Å². The van der Waals surface area contributed by atoms with E-state index in [0.29, 0.717) is 6.04 Å². The van der Waals surface area contributed by atoms with Gasteiger partial charge in [-0.2, -0.15) is 5.10 Å². The van der Waals surface area contributed by atoms with Crippen LogP contribution in [0, 0.1) is 0 Å². The summed E-state index contributed by atoms with van der Waals surface area (Å²) in [6.07, 6.45) is 9.83. The highest BCUT2D eigenvalue weighted by Gasteiger charge is 2.10. The van der Waals surface area contributed by atoms with Crippen LogP contribution in [0.4, 0.5) is 0 Å². The van der Waals surface area contributed by atoms with Crippen LogP contribution in [-0.4, -0.2) is 21.3 Å². The summed E-state index contributed by atoms with van der Waals surface area (Å²) in [5.41, 5.74) is 2.59. The third kappa shape index (κ3) is 3.40. The first-order valence-corrected chi connectivity index (χ1v) is 6.40. The van der Waals surface area contributed by atoms with Crippen molar-refractivity contribution in [2.75, 3.05) is 6.54 Å². The van der Waals surface area contributed by atoms with Crippen LogP contribution in [0.3, 0.4) is 0 Å². The van der Waals surface area contributed by atoms with Crippen molar-refractivity contribution in [3.8, 4) is 0 Å². The molecule has 0 fully saturated rings. The lowest BCUT2D eigenvalue weighted by Crippen LogP contribution is -2.21. The summed E-state index contributed by atoms with van der Waals surface area (Å²) in [5, 5.41) is 7.72. The van der Waals surface area contributed by atoms with Crippen LogP contribution in [0.1, 0.15) is 30.5 Å². The molecule has 0 amide bonds. The molecule has 0 saturated carbocycles. The van der Waals surface area contributed by atoms with Crippen molar-refractivity contribution in [2.45, 2.75) is 25.8 Å². The van der Waals surface area contributed by atoms with Gasteiger partial charge in [0.25, 0.3) is 0 Å². The van der Waals surface area contributed by atoms with Crippen molar-refractivity contribution in [3.63, 3.8) is 0 Å². The number of aromatic nitrogens is 3. The average molecular weight is 244 g/mol. The highest BCUT2D eigenvalue weighted by atomic mass is 15.2. The zero-order valence-corrected chi connectivity index (χ0v) is 11.0. The Bertz CT molecular complexity index is 464. The molecule has 0 spiro atoms. The van der Waals surface area contributed by atoms with Crippen LogP contribution in [0.5, 0.6) is 0 Å². The van der Waals surface area contributed by atoms with Gasteiger partial charge in [0.1, 0.15) is 0 Å². The molecule has 2 heterocycles. The number of aryl methyl sites for hydroxylation is 2. The second-order valence-electron chi connectivity index (χ2n) is 4.45. The number of hydrogen-bond acceptors (Lipinski definition) is 3. The first-order valence-electron chi connectivity index (χ1n) is 6.40. The minimum absolute atomic E-state index is 0.387. The molecule has 2 aromatic heterocycles. The number of hydrogen-bond donors (Lipinski definition) is 1. The van der Waals surface area contributed by atoms with Crippen molar-refractivity contribution in [1.29, 1.82) is 0 Å². The Balaban J connectivity index is 1.98. The third-order valence-corrected chi connectivity index (χ3v) is 3.04. The lowest BCUT2D eigenvalue weighted by atomic mass is 10.0. The van der Waals surface area contributed by atoms with Crippen molar-refractivity contribution < 1.29 is 0 Å². The van der Waals surface area contributed by atoms with E-state index in [-0.39, 0.29) is 0 Å². The molecule has 0 aliphatic heterocycles. The van der Waals surface area contributed by atoms with Gasteiger partial charge in [0, 0.05) is 31.7 Å². The standard InChI is InChI=1S/C14H20N4/c1-3-16-14(13-6-8-15-9-7-13)5-4-12-10-17-18(2)11-12/h6-11,14,16H,3-5H2,1-2H3. The van der Waals surface area contributed by atoms with Crippen LogP contribution in [-0.2, 0) is 13.5 Å². The van der Waals surface area contributed by atoms with Crippen LogP contribution in [0.25, 0.3) is 0 Å². The molecule has 0 aliphatic carbocycles. The Kier molecular flexibility index (Phi) is 4.47. The number of pyridine rings is 1. The predicted octanol–water partition coefficient (Wildman–Crippen LogP) is 2.10. The molecule has 0 aromatic carbocycles. The molecule has 4 nitrogen and oxygen atoms in total. The van der Waals surface area contributed by atoms with Crippen molar-refractivity contribution in [3.05, 3.63) is 48.0 Å². The number of nitrogens with zero attached hydrogens (tertiary/aromatic N) is 3. The zero-order chi connectivity index (χ0) is 12.8.